The maximum absolute atomic E-state index is 11.6. The van der Waals surface area contributed by atoms with Crippen LogP contribution in [0.4, 0.5) is 0 Å². The lowest BCUT2D eigenvalue weighted by Gasteiger charge is -2.00. The summed E-state index contributed by atoms with van der Waals surface area (Å²) in [6.45, 7) is 4.00. The number of fused-ring (bicyclic) bond motifs is 3. The Hall–Kier alpha value is -2.09. The third-order valence-electron chi connectivity index (χ3n) is 2.53. The third-order valence-corrected chi connectivity index (χ3v) is 2.53. The predicted octanol–water partition coefficient (Wildman–Crippen LogP) is 3.97. The molecule has 1 heterocycles. The minimum atomic E-state index is -0.274. The zero-order valence-electron chi connectivity index (χ0n) is 9.94. The lowest BCUT2D eigenvalue weighted by atomic mass is 10.1. The van der Waals surface area contributed by atoms with Crippen LogP contribution in [0.5, 0.6) is 0 Å². The summed E-state index contributed by atoms with van der Waals surface area (Å²) in [5.41, 5.74) is 0.366. The second kappa shape index (κ2) is 4.83. The highest BCUT2D eigenvalue weighted by molar-refractivity contribution is 6.03. The van der Waals surface area contributed by atoms with Crippen molar-refractivity contribution in [3.63, 3.8) is 0 Å². The lowest BCUT2D eigenvalue weighted by molar-refractivity contribution is 0.569. The van der Waals surface area contributed by atoms with E-state index in [0.29, 0.717) is 11.0 Å². The van der Waals surface area contributed by atoms with Gasteiger partial charge in [-0.2, -0.15) is 0 Å². The summed E-state index contributed by atoms with van der Waals surface area (Å²) < 4.78 is 5.22. The van der Waals surface area contributed by atoms with Crippen molar-refractivity contribution in [2.75, 3.05) is 0 Å². The van der Waals surface area contributed by atoms with E-state index in [2.05, 4.69) is 0 Å². The normalized spacial score (nSPS) is 10.0. The van der Waals surface area contributed by atoms with Gasteiger partial charge < -0.3 is 4.42 Å². The summed E-state index contributed by atoms with van der Waals surface area (Å²) in [6.07, 6.45) is 0. The zero-order valence-corrected chi connectivity index (χ0v) is 9.94. The number of benzene rings is 2. The molecule has 86 valence electrons. The summed E-state index contributed by atoms with van der Waals surface area (Å²) in [6, 6.07) is 15.1. The number of hydrogen-bond donors (Lipinski definition) is 0. The van der Waals surface area contributed by atoms with Crippen LogP contribution in [-0.2, 0) is 0 Å². The Morgan fingerprint density at radius 2 is 1.29 bits per heavy atom. The second-order valence-electron chi connectivity index (χ2n) is 3.43. The van der Waals surface area contributed by atoms with Crippen molar-refractivity contribution in [1.29, 1.82) is 0 Å². The van der Waals surface area contributed by atoms with Gasteiger partial charge in [-0.15, -0.1) is 0 Å². The first-order chi connectivity index (χ1) is 8.36. The van der Waals surface area contributed by atoms with Gasteiger partial charge in [-0.05, 0) is 17.5 Å². The second-order valence-corrected chi connectivity index (χ2v) is 3.43. The lowest BCUT2D eigenvalue weighted by Crippen LogP contribution is -1.98. The van der Waals surface area contributed by atoms with Crippen LogP contribution in [0.2, 0.25) is 0 Å². The summed E-state index contributed by atoms with van der Waals surface area (Å²) in [5.74, 6) is 0. The van der Waals surface area contributed by atoms with Crippen molar-refractivity contribution in [2.45, 2.75) is 13.8 Å². The molecular weight excluding hydrogens is 212 g/mol. The molecule has 0 bridgehead atoms. The van der Waals surface area contributed by atoms with Crippen LogP contribution in [0.3, 0.4) is 0 Å². The molecule has 2 heteroatoms. The van der Waals surface area contributed by atoms with Gasteiger partial charge in [0.2, 0.25) is 0 Å². The molecule has 0 spiro atoms. The van der Waals surface area contributed by atoms with Crippen molar-refractivity contribution in [1.82, 2.24) is 0 Å². The van der Waals surface area contributed by atoms with Crippen molar-refractivity contribution < 1.29 is 4.42 Å². The summed E-state index contributed by atoms with van der Waals surface area (Å²) >= 11 is 0. The monoisotopic (exact) mass is 226 g/mol. The van der Waals surface area contributed by atoms with Gasteiger partial charge in [0.05, 0.1) is 5.39 Å². The average Bonchev–Trinajstić information content (AvgIpc) is 2.42. The van der Waals surface area contributed by atoms with Gasteiger partial charge in [0.1, 0.15) is 5.58 Å². The van der Waals surface area contributed by atoms with Crippen LogP contribution >= 0.6 is 0 Å². The Kier molecular flexibility index (Phi) is 3.24. The van der Waals surface area contributed by atoms with Crippen molar-refractivity contribution in [3.05, 3.63) is 59.0 Å². The zero-order chi connectivity index (χ0) is 12.3. The van der Waals surface area contributed by atoms with Crippen molar-refractivity contribution in [3.8, 4) is 0 Å². The number of hydrogen-bond acceptors (Lipinski definition) is 2. The van der Waals surface area contributed by atoms with Crippen LogP contribution < -0.4 is 5.63 Å². The molecule has 0 aliphatic carbocycles. The highest BCUT2D eigenvalue weighted by atomic mass is 16.4. The van der Waals surface area contributed by atoms with E-state index >= 15 is 0 Å². The Morgan fingerprint density at radius 3 is 2.00 bits per heavy atom. The molecule has 0 unspecified atom stereocenters. The van der Waals surface area contributed by atoms with E-state index in [1.165, 1.54) is 0 Å². The molecule has 3 aromatic rings. The van der Waals surface area contributed by atoms with E-state index in [-0.39, 0.29) is 5.63 Å². The number of rotatable bonds is 0. The molecule has 0 aliphatic heterocycles. The van der Waals surface area contributed by atoms with Gasteiger partial charge >= 0.3 is 5.63 Å². The minimum Gasteiger partial charge on any atom is -0.422 e. The van der Waals surface area contributed by atoms with E-state index < -0.39 is 0 Å². The molecule has 2 aromatic carbocycles. The maximum Gasteiger partial charge on any atom is 0.344 e. The largest absolute Gasteiger partial charge is 0.422 e. The van der Waals surface area contributed by atoms with Crippen molar-refractivity contribution in [2.24, 2.45) is 0 Å². The Bertz CT molecular complexity index is 696. The fraction of sp³-hybridized carbons (Fsp3) is 0.133. The molecule has 0 atom stereocenters. The summed E-state index contributed by atoms with van der Waals surface area (Å²) in [5, 5.41) is 2.56. The first kappa shape index (κ1) is 11.4. The number of para-hydroxylation sites is 1. The van der Waals surface area contributed by atoms with E-state index in [9.17, 15) is 4.79 Å². The SMILES string of the molecule is CC.O=c1oc2ccccc2c2ccccc12. The Morgan fingerprint density at radius 1 is 0.765 bits per heavy atom. The molecule has 1 aromatic heterocycles. The Labute approximate surface area is 99.5 Å². The van der Waals surface area contributed by atoms with Gasteiger partial charge in [0.25, 0.3) is 0 Å². The summed E-state index contributed by atoms with van der Waals surface area (Å²) in [7, 11) is 0. The predicted molar refractivity (Wildman–Crippen MR) is 71.3 cm³/mol. The topological polar surface area (TPSA) is 30.2 Å². The average molecular weight is 226 g/mol. The molecule has 17 heavy (non-hydrogen) atoms. The molecule has 0 aliphatic rings. The molecule has 0 fully saturated rings. The summed E-state index contributed by atoms with van der Waals surface area (Å²) in [4.78, 5) is 11.6. The van der Waals surface area contributed by atoms with Crippen LogP contribution in [0, 0.1) is 0 Å². The molecule has 0 amide bonds. The van der Waals surface area contributed by atoms with Crippen LogP contribution in [0.15, 0.2) is 57.7 Å². The van der Waals surface area contributed by atoms with Gasteiger partial charge in [-0.1, -0.05) is 50.2 Å². The van der Waals surface area contributed by atoms with Gasteiger partial charge in [0, 0.05) is 5.39 Å². The fourth-order valence-corrected chi connectivity index (χ4v) is 1.83. The molecule has 2 nitrogen and oxygen atoms in total. The van der Waals surface area contributed by atoms with Crippen molar-refractivity contribution >= 4 is 21.7 Å². The van der Waals surface area contributed by atoms with Crippen LogP contribution in [0.25, 0.3) is 21.7 Å². The van der Waals surface area contributed by atoms with Crippen LogP contribution in [-0.4, -0.2) is 0 Å². The van der Waals surface area contributed by atoms with E-state index in [1.807, 2.05) is 56.3 Å². The van der Waals surface area contributed by atoms with Gasteiger partial charge in [-0.25, -0.2) is 4.79 Å². The van der Waals surface area contributed by atoms with E-state index in [4.69, 9.17) is 4.42 Å². The first-order valence-electron chi connectivity index (χ1n) is 5.77. The van der Waals surface area contributed by atoms with E-state index in [1.54, 1.807) is 6.07 Å². The highest BCUT2D eigenvalue weighted by Crippen LogP contribution is 2.21. The quantitative estimate of drug-likeness (QED) is 0.429. The van der Waals surface area contributed by atoms with Gasteiger partial charge in [-0.3, -0.25) is 0 Å². The third kappa shape index (κ3) is 1.94. The molecule has 0 N–H and O–H groups in total. The molecule has 0 saturated carbocycles. The van der Waals surface area contributed by atoms with Crippen LogP contribution in [0.1, 0.15) is 13.8 Å². The first-order valence-corrected chi connectivity index (χ1v) is 5.77. The standard InChI is InChI=1S/C13H8O2.C2H6/c14-13-11-7-2-1-5-9(11)10-6-3-4-8-12(10)15-13;1-2/h1-8H;1-2H3. The molecule has 3 rings (SSSR count). The highest BCUT2D eigenvalue weighted by Gasteiger charge is 2.04. The smallest absolute Gasteiger partial charge is 0.344 e. The Balaban J connectivity index is 0.000000514. The molecular formula is C15H14O2. The van der Waals surface area contributed by atoms with Gasteiger partial charge in [0.15, 0.2) is 0 Å². The fourth-order valence-electron chi connectivity index (χ4n) is 1.83. The minimum absolute atomic E-state index is 0.274. The molecule has 0 radical (unpaired) electrons. The maximum atomic E-state index is 11.6. The molecule has 0 saturated heterocycles. The van der Waals surface area contributed by atoms with E-state index in [0.717, 1.165) is 10.8 Å².